The fraction of sp³-hybridized carbons (Fsp3) is 0.0909. The summed E-state index contributed by atoms with van der Waals surface area (Å²) < 4.78 is 38.6. The number of nitrogens with zero attached hydrogens (tertiary/aromatic N) is 2. The maximum atomic E-state index is 12.6. The Hall–Kier alpha value is -2.31. The molecule has 0 saturated heterocycles. The second kappa shape index (κ2) is 4.17. The molecule has 0 radical (unpaired) electrons. The second-order valence-corrected chi connectivity index (χ2v) is 3.48. The van der Waals surface area contributed by atoms with Crippen LogP contribution in [-0.4, -0.2) is 20.9 Å². The van der Waals surface area contributed by atoms with Gasteiger partial charge in [0.05, 0.1) is 17.4 Å². The van der Waals surface area contributed by atoms with Crippen LogP contribution in [0, 0.1) is 0 Å². The summed E-state index contributed by atoms with van der Waals surface area (Å²) in [6.07, 6.45) is -3.54. The van der Waals surface area contributed by atoms with Crippen LogP contribution in [0.3, 0.4) is 0 Å². The van der Waals surface area contributed by atoms with E-state index in [4.69, 9.17) is 5.11 Å². The van der Waals surface area contributed by atoms with Crippen molar-refractivity contribution in [1.82, 2.24) is 9.78 Å². The van der Waals surface area contributed by atoms with Crippen molar-refractivity contribution in [3.63, 3.8) is 0 Å². The smallest absolute Gasteiger partial charge is 0.433 e. The van der Waals surface area contributed by atoms with Crippen molar-refractivity contribution in [3.8, 4) is 5.69 Å². The molecule has 0 aliphatic heterocycles. The maximum absolute atomic E-state index is 12.6. The summed E-state index contributed by atoms with van der Waals surface area (Å²) in [5, 5.41) is 12.3. The number of benzene rings is 1. The number of rotatable bonds is 2. The topological polar surface area (TPSA) is 55.1 Å². The number of carbonyl (C=O) groups is 1. The van der Waals surface area contributed by atoms with E-state index in [-0.39, 0.29) is 11.3 Å². The molecule has 1 heterocycles. The Balaban J connectivity index is 2.53. The van der Waals surface area contributed by atoms with Gasteiger partial charge < -0.3 is 5.11 Å². The Labute approximate surface area is 99.3 Å². The molecule has 0 amide bonds. The molecule has 0 fully saturated rings. The first kappa shape index (κ1) is 12.2. The van der Waals surface area contributed by atoms with Crippen LogP contribution in [0.4, 0.5) is 13.2 Å². The largest absolute Gasteiger partial charge is 0.478 e. The molecule has 94 valence electrons. The first-order valence-electron chi connectivity index (χ1n) is 4.84. The molecule has 0 bridgehead atoms. The van der Waals surface area contributed by atoms with E-state index < -0.39 is 17.8 Å². The molecule has 2 aromatic rings. The number of aromatic nitrogens is 2. The average molecular weight is 256 g/mol. The molecule has 0 aliphatic carbocycles. The van der Waals surface area contributed by atoms with Crippen LogP contribution < -0.4 is 0 Å². The van der Waals surface area contributed by atoms with Crippen molar-refractivity contribution in [1.29, 1.82) is 0 Å². The summed E-state index contributed by atoms with van der Waals surface area (Å²) in [5.74, 6) is -1.21. The van der Waals surface area contributed by atoms with Crippen molar-refractivity contribution in [2.75, 3.05) is 0 Å². The summed E-state index contributed by atoms with van der Waals surface area (Å²) in [6, 6.07) is 5.97. The third-order valence-corrected chi connectivity index (χ3v) is 2.27. The van der Waals surface area contributed by atoms with Crippen LogP contribution in [0.15, 0.2) is 36.5 Å². The van der Waals surface area contributed by atoms with Gasteiger partial charge in [0.1, 0.15) is 5.69 Å². The monoisotopic (exact) mass is 256 g/mol. The lowest BCUT2D eigenvalue weighted by Crippen LogP contribution is -2.13. The molecular formula is C11H7F3N2O2. The van der Waals surface area contributed by atoms with Crippen LogP contribution in [0.1, 0.15) is 16.1 Å². The Bertz CT molecular complexity index is 590. The Morgan fingerprint density at radius 2 is 2.00 bits per heavy atom. The highest BCUT2D eigenvalue weighted by Crippen LogP contribution is 2.30. The average Bonchev–Trinajstić information content (AvgIpc) is 2.77. The van der Waals surface area contributed by atoms with Crippen molar-refractivity contribution in [2.24, 2.45) is 0 Å². The van der Waals surface area contributed by atoms with Gasteiger partial charge in [0.2, 0.25) is 0 Å². The first-order valence-corrected chi connectivity index (χ1v) is 4.84. The minimum atomic E-state index is -4.55. The summed E-state index contributed by atoms with van der Waals surface area (Å²) in [5.41, 5.74) is -1.01. The normalized spacial score (nSPS) is 11.5. The Morgan fingerprint density at radius 3 is 2.61 bits per heavy atom. The zero-order valence-electron chi connectivity index (χ0n) is 8.85. The van der Waals surface area contributed by atoms with Crippen molar-refractivity contribution in [3.05, 3.63) is 47.8 Å². The van der Waals surface area contributed by atoms with Gasteiger partial charge in [0, 0.05) is 0 Å². The highest BCUT2D eigenvalue weighted by atomic mass is 19.4. The lowest BCUT2D eigenvalue weighted by Gasteiger charge is -2.10. The summed E-state index contributed by atoms with van der Waals surface area (Å²) in [4.78, 5) is 10.8. The van der Waals surface area contributed by atoms with E-state index in [0.717, 1.165) is 18.3 Å². The standard InChI is InChI=1S/C11H7F3N2O2/c12-11(13,14)9-4-5-15-16(9)8-3-1-2-7(6-8)10(17)18/h1-6H,(H,17,18). The van der Waals surface area contributed by atoms with E-state index in [1.807, 2.05) is 0 Å². The van der Waals surface area contributed by atoms with Crippen LogP contribution in [-0.2, 0) is 6.18 Å². The first-order chi connectivity index (χ1) is 8.39. The van der Waals surface area contributed by atoms with Gasteiger partial charge in [-0.05, 0) is 24.3 Å². The van der Waals surface area contributed by atoms with E-state index in [2.05, 4.69) is 5.10 Å². The lowest BCUT2D eigenvalue weighted by atomic mass is 10.2. The van der Waals surface area contributed by atoms with E-state index in [0.29, 0.717) is 4.68 Å². The quantitative estimate of drug-likeness (QED) is 0.898. The Kier molecular flexibility index (Phi) is 2.82. The van der Waals surface area contributed by atoms with E-state index in [1.165, 1.54) is 18.2 Å². The highest BCUT2D eigenvalue weighted by molar-refractivity contribution is 5.88. The molecule has 1 aromatic heterocycles. The second-order valence-electron chi connectivity index (χ2n) is 3.48. The van der Waals surface area contributed by atoms with Crippen LogP contribution in [0.2, 0.25) is 0 Å². The van der Waals surface area contributed by atoms with Crippen molar-refractivity contribution in [2.45, 2.75) is 6.18 Å². The van der Waals surface area contributed by atoms with Gasteiger partial charge in [-0.2, -0.15) is 18.3 Å². The number of carboxylic acid groups (broad SMARTS) is 1. The highest BCUT2D eigenvalue weighted by Gasteiger charge is 2.35. The van der Waals surface area contributed by atoms with Gasteiger partial charge in [-0.25, -0.2) is 9.48 Å². The number of alkyl halides is 3. The number of hydrogen-bond acceptors (Lipinski definition) is 2. The van der Waals surface area contributed by atoms with Gasteiger partial charge in [0.25, 0.3) is 0 Å². The van der Waals surface area contributed by atoms with Gasteiger partial charge >= 0.3 is 12.1 Å². The number of halogens is 3. The molecular weight excluding hydrogens is 249 g/mol. The molecule has 0 unspecified atom stereocenters. The van der Waals surface area contributed by atoms with Crippen molar-refractivity contribution < 1.29 is 23.1 Å². The number of hydrogen-bond donors (Lipinski definition) is 1. The predicted octanol–water partition coefficient (Wildman–Crippen LogP) is 2.59. The minimum absolute atomic E-state index is 0.0484. The maximum Gasteiger partial charge on any atom is 0.433 e. The third kappa shape index (κ3) is 2.20. The molecule has 7 heteroatoms. The third-order valence-electron chi connectivity index (χ3n) is 2.27. The minimum Gasteiger partial charge on any atom is -0.478 e. The van der Waals surface area contributed by atoms with Crippen LogP contribution in [0.5, 0.6) is 0 Å². The molecule has 18 heavy (non-hydrogen) atoms. The van der Waals surface area contributed by atoms with Gasteiger partial charge in [-0.3, -0.25) is 0 Å². The molecule has 0 spiro atoms. The predicted molar refractivity (Wildman–Crippen MR) is 55.5 cm³/mol. The van der Waals surface area contributed by atoms with E-state index >= 15 is 0 Å². The Morgan fingerprint density at radius 1 is 1.28 bits per heavy atom. The molecule has 1 N–H and O–H groups in total. The molecule has 0 aliphatic rings. The summed E-state index contributed by atoms with van der Waals surface area (Å²) in [6.45, 7) is 0. The SMILES string of the molecule is O=C(O)c1cccc(-n2nccc2C(F)(F)F)c1. The lowest BCUT2D eigenvalue weighted by molar-refractivity contribution is -0.142. The molecule has 0 saturated carbocycles. The van der Waals surface area contributed by atoms with Crippen LogP contribution >= 0.6 is 0 Å². The zero-order valence-corrected chi connectivity index (χ0v) is 8.85. The summed E-state index contributed by atoms with van der Waals surface area (Å²) in [7, 11) is 0. The zero-order chi connectivity index (χ0) is 13.3. The molecule has 0 atom stereocenters. The number of carboxylic acids is 1. The van der Waals surface area contributed by atoms with Gasteiger partial charge in [-0.1, -0.05) is 6.07 Å². The fourth-order valence-electron chi connectivity index (χ4n) is 1.49. The van der Waals surface area contributed by atoms with Crippen LogP contribution in [0.25, 0.3) is 5.69 Å². The number of aromatic carboxylic acids is 1. The molecule has 1 aromatic carbocycles. The summed E-state index contributed by atoms with van der Waals surface area (Å²) >= 11 is 0. The fourth-order valence-corrected chi connectivity index (χ4v) is 1.49. The van der Waals surface area contributed by atoms with E-state index in [1.54, 1.807) is 0 Å². The van der Waals surface area contributed by atoms with Gasteiger partial charge in [0.15, 0.2) is 0 Å². The molecule has 4 nitrogen and oxygen atoms in total. The van der Waals surface area contributed by atoms with E-state index in [9.17, 15) is 18.0 Å². The van der Waals surface area contributed by atoms with Gasteiger partial charge in [-0.15, -0.1) is 0 Å². The van der Waals surface area contributed by atoms with Crippen molar-refractivity contribution >= 4 is 5.97 Å². The molecule has 2 rings (SSSR count).